The molecule has 0 saturated heterocycles. The van der Waals surface area contributed by atoms with Crippen molar-refractivity contribution in [2.24, 2.45) is 0 Å². The van der Waals surface area contributed by atoms with E-state index in [0.29, 0.717) is 11.1 Å². The third-order valence-electron chi connectivity index (χ3n) is 4.85. The molecular formula is C22H30N2O3S. The highest BCUT2D eigenvalue weighted by atomic mass is 32.2. The molecule has 0 aromatic heterocycles. The van der Waals surface area contributed by atoms with Gasteiger partial charge in [0.15, 0.2) is 0 Å². The van der Waals surface area contributed by atoms with Gasteiger partial charge < -0.3 is 5.32 Å². The zero-order valence-corrected chi connectivity index (χ0v) is 18.3. The number of carbonyl (C=O) groups excluding carboxylic acids is 1. The van der Waals surface area contributed by atoms with E-state index in [1.807, 2.05) is 51.1 Å². The number of hydrogen-bond acceptors (Lipinski definition) is 3. The highest BCUT2D eigenvalue weighted by Crippen LogP contribution is 2.24. The topological polar surface area (TPSA) is 75.3 Å². The largest absolute Gasteiger partial charge is 0.324 e. The minimum absolute atomic E-state index is 0.237. The maximum Gasteiger partial charge on any atom is 0.242 e. The van der Waals surface area contributed by atoms with Gasteiger partial charge in [0.1, 0.15) is 0 Å². The SMILES string of the molecule is CCc1cccc(CC)c1NC(=O)C(C)NS(=O)(=O)c1c(C)cc(C)cc1C. The lowest BCUT2D eigenvalue weighted by Crippen LogP contribution is -2.42. The lowest BCUT2D eigenvalue weighted by Gasteiger charge is -2.19. The fourth-order valence-electron chi connectivity index (χ4n) is 3.57. The van der Waals surface area contributed by atoms with Crippen LogP contribution in [0.15, 0.2) is 35.2 Å². The molecule has 0 saturated carbocycles. The van der Waals surface area contributed by atoms with Gasteiger partial charge in [-0.05, 0) is 62.8 Å². The quantitative estimate of drug-likeness (QED) is 0.734. The van der Waals surface area contributed by atoms with Crippen molar-refractivity contribution in [2.75, 3.05) is 5.32 Å². The Morgan fingerprint density at radius 2 is 1.50 bits per heavy atom. The number of rotatable bonds is 7. The second-order valence-corrected chi connectivity index (χ2v) is 8.87. The molecule has 1 atom stereocenters. The minimum Gasteiger partial charge on any atom is -0.324 e. The molecule has 2 aromatic rings. The van der Waals surface area contributed by atoms with Gasteiger partial charge in [0.05, 0.1) is 10.9 Å². The lowest BCUT2D eigenvalue weighted by molar-refractivity contribution is -0.117. The number of nitrogens with one attached hydrogen (secondary N) is 2. The Labute approximate surface area is 168 Å². The molecule has 2 aromatic carbocycles. The summed E-state index contributed by atoms with van der Waals surface area (Å²) in [6.45, 7) is 11.1. The molecule has 0 aliphatic carbocycles. The number of aryl methyl sites for hydroxylation is 5. The maximum atomic E-state index is 12.9. The number of hydrogen-bond donors (Lipinski definition) is 2. The van der Waals surface area contributed by atoms with Crippen LogP contribution >= 0.6 is 0 Å². The van der Waals surface area contributed by atoms with E-state index in [1.165, 1.54) is 0 Å². The molecule has 0 aliphatic rings. The molecular weight excluding hydrogens is 372 g/mol. The first kappa shape index (κ1) is 22.1. The van der Waals surface area contributed by atoms with E-state index in [1.54, 1.807) is 20.8 Å². The van der Waals surface area contributed by atoms with E-state index in [4.69, 9.17) is 0 Å². The van der Waals surface area contributed by atoms with Crippen molar-refractivity contribution >= 4 is 21.6 Å². The summed E-state index contributed by atoms with van der Waals surface area (Å²) in [5.41, 5.74) is 5.19. The summed E-state index contributed by atoms with van der Waals surface area (Å²) >= 11 is 0. The first-order valence-corrected chi connectivity index (χ1v) is 11.1. The van der Waals surface area contributed by atoms with Crippen LogP contribution < -0.4 is 10.0 Å². The summed E-state index contributed by atoms with van der Waals surface area (Å²) in [7, 11) is -3.82. The van der Waals surface area contributed by atoms with Gasteiger partial charge in [0.25, 0.3) is 0 Å². The number of amides is 1. The van der Waals surface area contributed by atoms with E-state index >= 15 is 0 Å². The Hall–Kier alpha value is -2.18. The summed E-state index contributed by atoms with van der Waals surface area (Å²) in [6.07, 6.45) is 1.57. The molecule has 6 heteroatoms. The molecule has 0 aliphatic heterocycles. The number of carbonyl (C=O) groups is 1. The van der Waals surface area contributed by atoms with E-state index in [9.17, 15) is 13.2 Å². The van der Waals surface area contributed by atoms with Crippen LogP contribution in [0.1, 0.15) is 48.6 Å². The number of anilines is 1. The molecule has 28 heavy (non-hydrogen) atoms. The molecule has 2 rings (SSSR count). The molecule has 152 valence electrons. The molecule has 1 unspecified atom stereocenters. The van der Waals surface area contributed by atoms with Gasteiger partial charge in [-0.1, -0.05) is 49.7 Å². The average Bonchev–Trinajstić information content (AvgIpc) is 2.60. The van der Waals surface area contributed by atoms with Crippen LogP contribution in [0.4, 0.5) is 5.69 Å². The smallest absolute Gasteiger partial charge is 0.242 e. The summed E-state index contributed by atoms with van der Waals surface area (Å²) in [5.74, 6) is -0.374. The first-order chi connectivity index (χ1) is 13.1. The second kappa shape index (κ2) is 8.88. The van der Waals surface area contributed by atoms with Gasteiger partial charge in [0.2, 0.25) is 15.9 Å². The van der Waals surface area contributed by atoms with Crippen molar-refractivity contribution in [3.63, 3.8) is 0 Å². The predicted octanol–water partition coefficient (Wildman–Crippen LogP) is 4.04. The van der Waals surface area contributed by atoms with Gasteiger partial charge in [0, 0.05) is 5.69 Å². The fourth-order valence-corrected chi connectivity index (χ4v) is 5.23. The van der Waals surface area contributed by atoms with Crippen molar-refractivity contribution in [3.8, 4) is 0 Å². The third kappa shape index (κ3) is 4.80. The second-order valence-electron chi connectivity index (χ2n) is 7.22. The summed E-state index contributed by atoms with van der Waals surface area (Å²) in [4.78, 5) is 13.0. The minimum atomic E-state index is -3.82. The van der Waals surface area contributed by atoms with Gasteiger partial charge in [-0.2, -0.15) is 4.72 Å². The van der Waals surface area contributed by atoms with E-state index in [-0.39, 0.29) is 10.8 Å². The fraction of sp³-hybridized carbons (Fsp3) is 0.409. The average molecular weight is 403 g/mol. The summed E-state index contributed by atoms with van der Waals surface area (Å²) < 4.78 is 28.3. The standard InChI is InChI=1S/C22H30N2O3S/c1-7-18-10-9-11-19(8-2)20(18)23-22(25)17(6)24-28(26,27)21-15(4)12-14(3)13-16(21)5/h9-13,17,24H,7-8H2,1-6H3,(H,23,25). The van der Waals surface area contributed by atoms with Gasteiger partial charge >= 0.3 is 0 Å². The monoisotopic (exact) mass is 402 g/mol. The van der Waals surface area contributed by atoms with Gasteiger partial charge in [-0.3, -0.25) is 4.79 Å². The molecule has 2 N–H and O–H groups in total. The number of benzene rings is 2. The maximum absolute atomic E-state index is 12.9. The van der Waals surface area contributed by atoms with Crippen LogP contribution in [-0.4, -0.2) is 20.4 Å². The Morgan fingerprint density at radius 1 is 1.00 bits per heavy atom. The Balaban J connectivity index is 2.26. The van der Waals surface area contributed by atoms with E-state index < -0.39 is 16.1 Å². The van der Waals surface area contributed by atoms with Crippen LogP contribution in [-0.2, 0) is 27.7 Å². The molecule has 0 heterocycles. The molecule has 0 bridgehead atoms. The predicted molar refractivity (Wildman–Crippen MR) is 114 cm³/mol. The zero-order valence-electron chi connectivity index (χ0n) is 17.5. The van der Waals surface area contributed by atoms with Gasteiger partial charge in [-0.15, -0.1) is 0 Å². The van der Waals surface area contributed by atoms with Crippen molar-refractivity contribution in [1.29, 1.82) is 0 Å². The lowest BCUT2D eigenvalue weighted by atomic mass is 10.0. The van der Waals surface area contributed by atoms with Crippen LogP contribution in [0.25, 0.3) is 0 Å². The van der Waals surface area contributed by atoms with Crippen LogP contribution in [0.5, 0.6) is 0 Å². The summed E-state index contributed by atoms with van der Waals surface area (Å²) in [5, 5.41) is 2.93. The van der Waals surface area contributed by atoms with Crippen molar-refractivity contribution in [3.05, 3.63) is 58.1 Å². The normalized spacial score (nSPS) is 12.6. The molecule has 1 amide bonds. The van der Waals surface area contributed by atoms with Crippen molar-refractivity contribution in [2.45, 2.75) is 65.3 Å². The Kier molecular flexibility index (Phi) is 7.01. The van der Waals surface area contributed by atoms with Crippen LogP contribution in [0, 0.1) is 20.8 Å². The van der Waals surface area contributed by atoms with Gasteiger partial charge in [-0.25, -0.2) is 8.42 Å². The van der Waals surface area contributed by atoms with E-state index in [2.05, 4.69) is 10.0 Å². The Morgan fingerprint density at radius 3 is 1.96 bits per heavy atom. The van der Waals surface area contributed by atoms with Crippen LogP contribution in [0.2, 0.25) is 0 Å². The zero-order chi connectivity index (χ0) is 21.1. The molecule has 5 nitrogen and oxygen atoms in total. The Bertz CT molecular complexity index is 936. The van der Waals surface area contributed by atoms with Crippen LogP contribution in [0.3, 0.4) is 0 Å². The summed E-state index contributed by atoms with van der Waals surface area (Å²) in [6, 6.07) is 8.68. The first-order valence-electron chi connectivity index (χ1n) is 9.62. The van der Waals surface area contributed by atoms with Crippen molar-refractivity contribution < 1.29 is 13.2 Å². The number of para-hydroxylation sites is 1. The third-order valence-corrected chi connectivity index (χ3v) is 6.69. The molecule has 0 radical (unpaired) electrons. The molecule has 0 fully saturated rings. The molecule has 0 spiro atoms. The highest BCUT2D eigenvalue weighted by molar-refractivity contribution is 7.89. The van der Waals surface area contributed by atoms with Crippen molar-refractivity contribution in [1.82, 2.24) is 4.72 Å². The number of sulfonamides is 1. The highest BCUT2D eigenvalue weighted by Gasteiger charge is 2.26. The van der Waals surface area contributed by atoms with E-state index in [0.717, 1.165) is 35.2 Å².